The summed E-state index contributed by atoms with van der Waals surface area (Å²) in [6.07, 6.45) is 0. The van der Waals surface area contributed by atoms with E-state index in [1.54, 1.807) is 19.1 Å². The number of aromatic nitrogens is 1. The van der Waals surface area contributed by atoms with Gasteiger partial charge in [-0.05, 0) is 44.9 Å². The first kappa shape index (κ1) is 16.3. The molecule has 0 saturated heterocycles. The Labute approximate surface area is 143 Å². The summed E-state index contributed by atoms with van der Waals surface area (Å²) < 4.78 is 0.717. The van der Waals surface area contributed by atoms with Gasteiger partial charge in [0, 0.05) is 16.0 Å². The molecule has 5 nitrogen and oxygen atoms in total. The van der Waals surface area contributed by atoms with Crippen LogP contribution in [-0.4, -0.2) is 16.0 Å². The first-order chi connectivity index (χ1) is 11.2. The summed E-state index contributed by atoms with van der Waals surface area (Å²) in [7, 11) is 0. The number of benzene rings is 1. The first-order valence-corrected chi connectivity index (χ1v) is 8.34. The number of aromatic hydroxyl groups is 1. The molecule has 0 radical (unpaired) electrons. The molecule has 6 heteroatoms. The van der Waals surface area contributed by atoms with E-state index in [9.17, 15) is 9.90 Å². The third kappa shape index (κ3) is 2.22. The fourth-order valence-electron chi connectivity index (χ4n) is 2.97. The number of phenols is 1. The Kier molecular flexibility index (Phi) is 3.72. The lowest BCUT2D eigenvalue weighted by atomic mass is 9.95. The molecule has 3 rings (SSSR count). The topological polar surface area (TPSA) is 102 Å². The number of hydrogen-bond donors (Lipinski definition) is 3. The third-order valence-electron chi connectivity index (χ3n) is 4.46. The highest BCUT2D eigenvalue weighted by Crippen LogP contribution is 2.41. The lowest BCUT2D eigenvalue weighted by molar-refractivity contribution is 0.100. The number of fused-ring (bicyclic) bond motifs is 1. The second-order valence-electron chi connectivity index (χ2n) is 5.98. The lowest BCUT2D eigenvalue weighted by Gasteiger charge is -2.15. The first-order valence-electron chi connectivity index (χ1n) is 7.52. The fraction of sp³-hybridized carbons (Fsp3) is 0.222. The summed E-state index contributed by atoms with van der Waals surface area (Å²) in [6.45, 7) is 7.67. The van der Waals surface area contributed by atoms with Crippen LogP contribution in [0.1, 0.15) is 31.9 Å². The molecule has 24 heavy (non-hydrogen) atoms. The van der Waals surface area contributed by atoms with Crippen LogP contribution in [-0.2, 0) is 0 Å². The standard InChI is InChI=1S/C18H19N3O2S/c1-7-5-6-11(22)9(3)12(7)16-14(19)13(18(20)23)17-15(21-16)8(2)10(4)24-17/h5-6,22H,19H2,1-4H3,(H2,20,23). The molecule has 1 aromatic carbocycles. The minimum atomic E-state index is -0.571. The van der Waals surface area contributed by atoms with Gasteiger partial charge in [-0.25, -0.2) is 4.98 Å². The molecule has 1 amide bonds. The van der Waals surface area contributed by atoms with Gasteiger partial charge in [-0.1, -0.05) is 6.07 Å². The third-order valence-corrected chi connectivity index (χ3v) is 5.67. The van der Waals surface area contributed by atoms with Crippen LogP contribution in [0.25, 0.3) is 21.5 Å². The van der Waals surface area contributed by atoms with Crippen molar-refractivity contribution in [3.8, 4) is 17.0 Å². The van der Waals surface area contributed by atoms with Gasteiger partial charge < -0.3 is 16.6 Å². The second-order valence-corrected chi connectivity index (χ2v) is 7.20. The largest absolute Gasteiger partial charge is 0.508 e. The van der Waals surface area contributed by atoms with Gasteiger partial charge in [0.2, 0.25) is 0 Å². The number of anilines is 1. The Morgan fingerprint density at radius 1 is 1.17 bits per heavy atom. The molecule has 2 heterocycles. The van der Waals surface area contributed by atoms with Crippen molar-refractivity contribution >= 4 is 33.1 Å². The van der Waals surface area contributed by atoms with Gasteiger partial charge in [-0.2, -0.15) is 0 Å². The highest BCUT2D eigenvalue weighted by molar-refractivity contribution is 7.19. The molecule has 0 unspecified atom stereocenters. The highest BCUT2D eigenvalue weighted by Gasteiger charge is 2.23. The van der Waals surface area contributed by atoms with Crippen LogP contribution in [0.5, 0.6) is 5.75 Å². The zero-order valence-corrected chi connectivity index (χ0v) is 14.8. The van der Waals surface area contributed by atoms with Gasteiger partial charge in [0.1, 0.15) is 5.75 Å². The van der Waals surface area contributed by atoms with Crippen LogP contribution in [0.15, 0.2) is 12.1 Å². The van der Waals surface area contributed by atoms with Crippen LogP contribution in [0.2, 0.25) is 0 Å². The van der Waals surface area contributed by atoms with E-state index in [0.717, 1.165) is 27.1 Å². The summed E-state index contributed by atoms with van der Waals surface area (Å²) in [5, 5.41) is 10.1. The Hall–Kier alpha value is -2.60. The van der Waals surface area contributed by atoms with Crippen molar-refractivity contribution in [2.75, 3.05) is 5.73 Å². The Morgan fingerprint density at radius 2 is 1.83 bits per heavy atom. The maximum absolute atomic E-state index is 12.0. The van der Waals surface area contributed by atoms with Gasteiger partial charge in [0.15, 0.2) is 0 Å². The van der Waals surface area contributed by atoms with Gasteiger partial charge in [0.25, 0.3) is 5.91 Å². The molecule has 0 aliphatic rings. The average Bonchev–Trinajstić information content (AvgIpc) is 2.78. The van der Waals surface area contributed by atoms with Gasteiger partial charge in [0.05, 0.1) is 27.2 Å². The van der Waals surface area contributed by atoms with Crippen LogP contribution in [0.4, 0.5) is 5.69 Å². The van der Waals surface area contributed by atoms with Crippen molar-refractivity contribution in [2.24, 2.45) is 5.73 Å². The number of primary amides is 1. The van der Waals surface area contributed by atoms with Crippen molar-refractivity contribution in [2.45, 2.75) is 27.7 Å². The molecule has 0 aliphatic heterocycles. The Balaban J connectivity index is 2.51. The van der Waals surface area contributed by atoms with Crippen molar-refractivity contribution in [1.82, 2.24) is 4.98 Å². The Morgan fingerprint density at radius 3 is 2.46 bits per heavy atom. The van der Waals surface area contributed by atoms with E-state index in [2.05, 4.69) is 0 Å². The van der Waals surface area contributed by atoms with Gasteiger partial charge in [-0.15, -0.1) is 11.3 Å². The summed E-state index contributed by atoms with van der Waals surface area (Å²) in [5.74, 6) is -0.409. The van der Waals surface area contributed by atoms with E-state index in [4.69, 9.17) is 16.5 Å². The second kappa shape index (κ2) is 5.49. The van der Waals surface area contributed by atoms with Crippen molar-refractivity contribution in [3.63, 3.8) is 0 Å². The minimum Gasteiger partial charge on any atom is -0.508 e. The molecule has 0 spiro atoms. The van der Waals surface area contributed by atoms with E-state index in [1.165, 1.54) is 11.3 Å². The number of phenolic OH excluding ortho intramolecular Hbond substituents is 1. The number of aryl methyl sites for hydroxylation is 3. The summed E-state index contributed by atoms with van der Waals surface area (Å²) >= 11 is 1.47. The van der Waals surface area contributed by atoms with E-state index in [-0.39, 0.29) is 11.4 Å². The fourth-order valence-corrected chi connectivity index (χ4v) is 4.13. The highest BCUT2D eigenvalue weighted by atomic mass is 32.1. The number of rotatable bonds is 2. The molecule has 124 valence electrons. The molecule has 2 aromatic heterocycles. The zero-order valence-electron chi connectivity index (χ0n) is 14.0. The van der Waals surface area contributed by atoms with Crippen LogP contribution < -0.4 is 11.5 Å². The molecule has 5 N–H and O–H groups in total. The molecular weight excluding hydrogens is 322 g/mol. The summed E-state index contributed by atoms with van der Waals surface area (Å²) in [6, 6.07) is 3.44. The molecule has 0 bridgehead atoms. The normalized spacial score (nSPS) is 11.2. The van der Waals surface area contributed by atoms with E-state index < -0.39 is 5.91 Å². The number of carbonyl (C=O) groups is 1. The van der Waals surface area contributed by atoms with Gasteiger partial charge >= 0.3 is 0 Å². The number of nitrogens with zero attached hydrogens (tertiary/aromatic N) is 1. The molecule has 0 fully saturated rings. The molecule has 0 aliphatic carbocycles. The number of thiophene rings is 1. The number of hydrogen-bond acceptors (Lipinski definition) is 5. The van der Waals surface area contributed by atoms with Crippen molar-refractivity contribution in [3.05, 3.63) is 39.3 Å². The molecule has 0 saturated carbocycles. The van der Waals surface area contributed by atoms with E-state index in [0.29, 0.717) is 21.5 Å². The lowest BCUT2D eigenvalue weighted by Crippen LogP contribution is -2.15. The average molecular weight is 341 g/mol. The number of nitrogens with two attached hydrogens (primary N) is 2. The number of nitrogen functional groups attached to an aromatic ring is 1. The number of carbonyl (C=O) groups excluding carboxylic acids is 1. The van der Waals surface area contributed by atoms with E-state index >= 15 is 0 Å². The monoisotopic (exact) mass is 341 g/mol. The van der Waals surface area contributed by atoms with Crippen LogP contribution >= 0.6 is 11.3 Å². The number of pyridine rings is 1. The molecular formula is C18H19N3O2S. The molecule has 0 atom stereocenters. The van der Waals surface area contributed by atoms with Crippen LogP contribution in [0, 0.1) is 27.7 Å². The van der Waals surface area contributed by atoms with Crippen LogP contribution in [0.3, 0.4) is 0 Å². The minimum absolute atomic E-state index is 0.163. The van der Waals surface area contributed by atoms with Gasteiger partial charge in [-0.3, -0.25) is 4.79 Å². The predicted molar refractivity (Wildman–Crippen MR) is 98.6 cm³/mol. The van der Waals surface area contributed by atoms with Crippen molar-refractivity contribution < 1.29 is 9.90 Å². The Bertz CT molecular complexity index is 1010. The summed E-state index contributed by atoms with van der Waals surface area (Å²) in [4.78, 5) is 17.9. The van der Waals surface area contributed by atoms with Crippen molar-refractivity contribution in [1.29, 1.82) is 0 Å². The summed E-state index contributed by atoms with van der Waals surface area (Å²) in [5.41, 5.74) is 17.0. The van der Waals surface area contributed by atoms with E-state index in [1.807, 2.05) is 20.8 Å². The molecule has 3 aromatic rings. The number of amides is 1. The smallest absolute Gasteiger partial charge is 0.252 e. The maximum Gasteiger partial charge on any atom is 0.252 e. The zero-order chi connectivity index (χ0) is 17.8. The quantitative estimate of drug-likeness (QED) is 0.663. The maximum atomic E-state index is 12.0. The predicted octanol–water partition coefficient (Wildman–Crippen LogP) is 3.58. The SMILES string of the molecule is Cc1ccc(O)c(C)c1-c1nc2c(C)c(C)sc2c(C(N)=O)c1N.